The van der Waals surface area contributed by atoms with Crippen molar-refractivity contribution in [3.63, 3.8) is 0 Å². The number of aliphatic imine (C=N–C) groups is 4. The average Bonchev–Trinajstić information content (AvgIpc) is 3.62. The Morgan fingerprint density at radius 2 is 0.612 bits per heavy atom. The summed E-state index contributed by atoms with van der Waals surface area (Å²) in [6, 6.07) is -12.2. The van der Waals surface area contributed by atoms with Crippen molar-refractivity contribution in [2.75, 3.05) is 39.3 Å². The zero-order valence-electron chi connectivity index (χ0n) is 49.7. The second kappa shape index (κ2) is 42.5. The fourth-order valence-corrected chi connectivity index (χ4v) is 8.10. The highest BCUT2D eigenvalue weighted by molar-refractivity contribution is 5.98. The lowest BCUT2D eigenvalue weighted by Gasteiger charge is -2.29. The van der Waals surface area contributed by atoms with Crippen LogP contribution in [-0.2, 0) is 47.9 Å². The van der Waals surface area contributed by atoms with Gasteiger partial charge in [-0.25, -0.2) is 0 Å². The molecule has 0 aromatic rings. The van der Waals surface area contributed by atoms with E-state index in [0.717, 1.165) is 0 Å². The molecule has 0 aromatic heterocycles. The lowest BCUT2D eigenvalue weighted by atomic mass is 10.0. The number of hydrogen-bond donors (Lipinski definition) is 21. The van der Waals surface area contributed by atoms with Gasteiger partial charge in [-0.2, -0.15) is 0 Å². The van der Waals surface area contributed by atoms with Crippen LogP contribution in [0.25, 0.3) is 0 Å². The van der Waals surface area contributed by atoms with Gasteiger partial charge in [0.2, 0.25) is 59.1 Å². The maximum absolute atomic E-state index is 14.6. The fourth-order valence-electron chi connectivity index (χ4n) is 8.10. The van der Waals surface area contributed by atoms with Gasteiger partial charge in [-0.15, -0.1) is 0 Å². The van der Waals surface area contributed by atoms with Gasteiger partial charge in [0.25, 0.3) is 0 Å². The first kappa shape index (κ1) is 76.7. The maximum Gasteiger partial charge on any atom is 0.243 e. The molecule has 35 heteroatoms. The number of carbonyl (C=O) groups excluding carboxylic acids is 10. The first-order chi connectivity index (χ1) is 39.9. The van der Waals surface area contributed by atoms with Gasteiger partial charge in [0, 0.05) is 33.1 Å². The number of aliphatic hydroxyl groups excluding tert-OH is 1. The number of guanidine groups is 4. The SMILES string of the molecule is CC(=O)N[C@@H](C)C(=O)N[C@H](C(=O)N[C@@H](CCCN=C(N)N)C(=O)N[C@@H](CCCN=C(N)N)C(=O)N[C@@H](CCCN=C(N)N)C(=O)N[C@@H](CCCCN)C(=O)N[C@@H](CCCCN)C(=O)N[C@@H](CCCN=C(N)N)C(=O)N[C@H](C(N)=O)[C@@H](C)O)C(C)C. The number of unbranched alkanes of at least 4 members (excludes halogenated alkanes) is 2. The number of nitrogens with zero attached hydrogens (tertiary/aromatic N) is 4. The van der Waals surface area contributed by atoms with Gasteiger partial charge >= 0.3 is 0 Å². The molecule has 0 aliphatic heterocycles. The minimum absolute atomic E-state index is 0.00712. The van der Waals surface area contributed by atoms with E-state index in [9.17, 15) is 53.1 Å². The highest BCUT2D eigenvalue weighted by Crippen LogP contribution is 2.12. The van der Waals surface area contributed by atoms with E-state index in [2.05, 4.69) is 67.8 Å². The Morgan fingerprint density at radius 1 is 0.353 bits per heavy atom. The molecule has 35 nitrogen and oxygen atoms in total. The van der Waals surface area contributed by atoms with E-state index < -0.39 is 125 Å². The number of rotatable bonds is 44. The van der Waals surface area contributed by atoms with E-state index >= 15 is 0 Å². The van der Waals surface area contributed by atoms with Crippen LogP contribution in [0.2, 0.25) is 0 Å². The zero-order valence-corrected chi connectivity index (χ0v) is 49.7. The van der Waals surface area contributed by atoms with Crippen LogP contribution in [0.1, 0.15) is 125 Å². The van der Waals surface area contributed by atoms with Crippen LogP contribution in [0, 0.1) is 5.92 Å². The number of aliphatic hydroxyl groups is 1. The van der Waals surface area contributed by atoms with Crippen molar-refractivity contribution >= 4 is 82.9 Å². The Kier molecular flexibility index (Phi) is 38.3. The molecule has 0 unspecified atom stereocenters. The first-order valence-electron chi connectivity index (χ1n) is 28.2. The standard InChI is InChI=1S/C50H98N24O11/c1-26(2)36(73-39(78)27(3)66-29(5)76)46(85)72-34(18-12-24-64-49(58)59)44(83)70-33(17-11-23-63-48(56)57)43(82)69-32(16-10-22-62-47(54)55)42(81)68-30(14-6-8-20-51)40(79)67-31(15-7-9-21-52)41(80)71-35(19-13-25-65-50(60)61)45(84)74-37(28(4)75)38(53)77/h26-28,30-37,75H,6-25,51-52H2,1-5H3,(H2,53,77)(H,66,76)(H,67,79)(H,68,81)(H,69,82)(H,70,83)(H,71,80)(H,72,85)(H,73,78)(H,74,84)(H4,54,55,62)(H4,56,57,63)(H4,58,59,64)(H4,60,61,65)/t27-,28+,30-,31-,32-,33-,34-,35-,36-,37-/m0/s1. The van der Waals surface area contributed by atoms with Crippen LogP contribution >= 0.6 is 0 Å². The molecule has 0 bridgehead atoms. The summed E-state index contributed by atoms with van der Waals surface area (Å²) in [5.41, 5.74) is 61.2. The minimum Gasteiger partial charge on any atom is -0.391 e. The molecule has 10 amide bonds. The quantitative estimate of drug-likeness (QED) is 0.0153. The topological polar surface area (TPSA) is 635 Å². The summed E-state index contributed by atoms with van der Waals surface area (Å²) in [7, 11) is 0. The Hall–Kier alpha value is -8.34. The molecule has 0 fully saturated rings. The summed E-state index contributed by atoms with van der Waals surface area (Å²) in [6.45, 7) is 7.63. The van der Waals surface area contributed by atoms with Crippen LogP contribution in [0.3, 0.4) is 0 Å². The van der Waals surface area contributed by atoms with Crippen molar-refractivity contribution < 1.29 is 53.1 Å². The first-order valence-corrected chi connectivity index (χ1v) is 28.2. The van der Waals surface area contributed by atoms with Crippen molar-refractivity contribution in [2.45, 2.75) is 185 Å². The predicted octanol–water partition coefficient (Wildman–Crippen LogP) is -8.62. The number of nitrogens with two attached hydrogens (primary N) is 11. The number of hydrogen-bond acceptors (Lipinski definition) is 17. The molecular weight excluding hydrogens is 1110 g/mol. The van der Waals surface area contributed by atoms with Gasteiger partial charge in [0.05, 0.1) is 6.10 Å². The predicted molar refractivity (Wildman–Crippen MR) is 320 cm³/mol. The molecule has 0 radical (unpaired) electrons. The second-order valence-electron chi connectivity index (χ2n) is 20.5. The lowest BCUT2D eigenvalue weighted by molar-refractivity contribution is -0.136. The van der Waals surface area contributed by atoms with Crippen LogP contribution < -0.4 is 111 Å². The van der Waals surface area contributed by atoms with Crippen LogP contribution in [0.4, 0.5) is 0 Å². The highest BCUT2D eigenvalue weighted by atomic mass is 16.3. The van der Waals surface area contributed by atoms with E-state index in [-0.39, 0.29) is 134 Å². The maximum atomic E-state index is 14.6. The lowest BCUT2D eigenvalue weighted by Crippen LogP contribution is -2.61. The monoisotopic (exact) mass is 1210 g/mol. The molecule has 0 rings (SSSR count). The largest absolute Gasteiger partial charge is 0.391 e. The number of amides is 10. The van der Waals surface area contributed by atoms with Crippen LogP contribution in [-0.4, -0.2) is 188 Å². The third-order valence-corrected chi connectivity index (χ3v) is 12.6. The molecule has 0 aromatic carbocycles. The molecule has 0 saturated carbocycles. The number of carbonyl (C=O) groups is 10. The van der Waals surface area contributed by atoms with Crippen molar-refractivity contribution in [2.24, 2.45) is 89.0 Å². The Bertz CT molecular complexity index is 2270. The van der Waals surface area contributed by atoms with Crippen molar-refractivity contribution in [3.8, 4) is 0 Å². The Balaban J connectivity index is 7.35. The molecule has 0 aliphatic carbocycles. The van der Waals surface area contributed by atoms with Gasteiger partial charge < -0.3 is 116 Å². The highest BCUT2D eigenvalue weighted by Gasteiger charge is 2.36. The summed E-state index contributed by atoms with van der Waals surface area (Å²) >= 11 is 0. The van der Waals surface area contributed by atoms with E-state index in [1.165, 1.54) is 20.8 Å². The molecule has 0 heterocycles. The molecule has 85 heavy (non-hydrogen) atoms. The average molecular weight is 1210 g/mol. The van der Waals surface area contributed by atoms with E-state index in [4.69, 9.17) is 63.1 Å². The summed E-state index contributed by atoms with van der Waals surface area (Å²) in [5.74, 6) is -9.77. The normalized spacial score (nSPS) is 14.4. The van der Waals surface area contributed by atoms with Gasteiger partial charge in [-0.3, -0.25) is 67.9 Å². The summed E-state index contributed by atoms with van der Waals surface area (Å²) in [4.78, 5) is 152. The Morgan fingerprint density at radius 3 is 0.847 bits per heavy atom. The fraction of sp³-hybridized carbons (Fsp3) is 0.720. The summed E-state index contributed by atoms with van der Waals surface area (Å²) < 4.78 is 0. The number of nitrogens with one attached hydrogen (secondary N) is 9. The van der Waals surface area contributed by atoms with Gasteiger partial charge in [-0.05, 0) is 123 Å². The minimum atomic E-state index is -1.53. The second-order valence-corrected chi connectivity index (χ2v) is 20.5. The summed E-state index contributed by atoms with van der Waals surface area (Å²) in [5, 5.41) is 33.5. The molecule has 0 aliphatic rings. The van der Waals surface area contributed by atoms with Gasteiger partial charge in [0.1, 0.15) is 54.4 Å². The molecule has 0 spiro atoms. The van der Waals surface area contributed by atoms with Crippen LogP contribution in [0.15, 0.2) is 20.0 Å². The van der Waals surface area contributed by atoms with Crippen LogP contribution in [0.5, 0.6) is 0 Å². The Labute approximate surface area is 495 Å². The van der Waals surface area contributed by atoms with Crippen molar-refractivity contribution in [1.29, 1.82) is 0 Å². The number of primary amides is 1. The van der Waals surface area contributed by atoms with E-state index in [1.807, 2.05) is 0 Å². The third kappa shape index (κ3) is 34.1. The van der Waals surface area contributed by atoms with Gasteiger partial charge in [-0.1, -0.05) is 13.8 Å². The molecular formula is C50H98N24O11. The van der Waals surface area contributed by atoms with Crippen molar-refractivity contribution in [1.82, 2.24) is 47.9 Å². The van der Waals surface area contributed by atoms with E-state index in [1.54, 1.807) is 13.8 Å². The van der Waals surface area contributed by atoms with Gasteiger partial charge in [0.15, 0.2) is 23.8 Å². The smallest absolute Gasteiger partial charge is 0.243 e. The van der Waals surface area contributed by atoms with Crippen molar-refractivity contribution in [3.05, 3.63) is 0 Å². The molecule has 32 N–H and O–H groups in total. The molecule has 484 valence electrons. The summed E-state index contributed by atoms with van der Waals surface area (Å²) in [6.07, 6.45) is -0.0358. The molecule has 0 saturated heterocycles. The molecule has 10 atom stereocenters. The third-order valence-electron chi connectivity index (χ3n) is 12.6. The van der Waals surface area contributed by atoms with E-state index in [0.29, 0.717) is 19.3 Å². The zero-order chi connectivity index (χ0) is 64.8.